The Kier molecular flexibility index (Phi) is 5.98. The van der Waals surface area contributed by atoms with Gasteiger partial charge in [0.15, 0.2) is 0 Å². The minimum absolute atomic E-state index is 0.152. The molecule has 28 heavy (non-hydrogen) atoms. The van der Waals surface area contributed by atoms with Crippen molar-refractivity contribution in [1.82, 2.24) is 9.88 Å². The molecule has 3 rings (SSSR count). The quantitative estimate of drug-likeness (QED) is 0.620. The van der Waals surface area contributed by atoms with Crippen LogP contribution in [0, 0.1) is 5.95 Å². The van der Waals surface area contributed by atoms with Gasteiger partial charge in [-0.2, -0.15) is 4.39 Å². The Morgan fingerprint density at radius 3 is 2.39 bits per heavy atom. The molecule has 1 fully saturated rings. The zero-order chi connectivity index (χ0) is 20.1. The predicted molar refractivity (Wildman–Crippen MR) is 94.6 cm³/mol. The van der Waals surface area contributed by atoms with Crippen LogP contribution in [0.5, 0.6) is 5.75 Å². The Hall–Kier alpha value is -2.88. The number of halogens is 4. The lowest BCUT2D eigenvalue weighted by Gasteiger charge is -2.35. The molecule has 1 saturated heterocycles. The molecule has 2 heterocycles. The number of hydrogen-bond donors (Lipinski definition) is 1. The number of piperazine rings is 1. The molecule has 150 valence electrons. The first kappa shape index (κ1) is 19.9. The third-order valence-corrected chi connectivity index (χ3v) is 4.19. The number of carbonyl (C=O) groups is 1. The van der Waals surface area contributed by atoms with E-state index in [1.807, 2.05) is 9.80 Å². The van der Waals surface area contributed by atoms with Gasteiger partial charge in [0.1, 0.15) is 5.75 Å². The number of rotatable bonds is 5. The van der Waals surface area contributed by atoms with Gasteiger partial charge in [-0.25, -0.2) is 4.98 Å². The summed E-state index contributed by atoms with van der Waals surface area (Å²) in [4.78, 5) is 19.6. The van der Waals surface area contributed by atoms with Crippen molar-refractivity contribution < 1.29 is 27.1 Å². The van der Waals surface area contributed by atoms with Gasteiger partial charge >= 0.3 is 6.36 Å². The molecule has 0 atom stereocenters. The average molecular weight is 398 g/mol. The van der Waals surface area contributed by atoms with E-state index in [1.165, 1.54) is 24.4 Å². The topological polar surface area (TPSA) is 57.7 Å². The monoisotopic (exact) mass is 398 g/mol. The van der Waals surface area contributed by atoms with Gasteiger partial charge in [-0.3, -0.25) is 9.69 Å². The molecule has 1 amide bonds. The van der Waals surface area contributed by atoms with E-state index in [4.69, 9.17) is 0 Å². The summed E-state index contributed by atoms with van der Waals surface area (Å²) in [6.45, 7) is 2.67. The summed E-state index contributed by atoms with van der Waals surface area (Å²) in [5.74, 6) is -1.16. The number of hydrogen-bond acceptors (Lipinski definition) is 5. The Morgan fingerprint density at radius 1 is 1.11 bits per heavy atom. The smallest absolute Gasteiger partial charge is 0.406 e. The van der Waals surface area contributed by atoms with Crippen LogP contribution in [0.25, 0.3) is 0 Å². The van der Waals surface area contributed by atoms with E-state index in [-0.39, 0.29) is 18.2 Å². The molecule has 0 saturated carbocycles. The normalized spacial score (nSPS) is 15.4. The van der Waals surface area contributed by atoms with E-state index >= 15 is 0 Å². The fourth-order valence-corrected chi connectivity index (χ4v) is 2.90. The third kappa shape index (κ3) is 5.81. The molecule has 1 aromatic carbocycles. The number of nitrogens with one attached hydrogen (secondary N) is 1. The maximum Gasteiger partial charge on any atom is 0.573 e. The van der Waals surface area contributed by atoms with Crippen molar-refractivity contribution in [3.05, 3.63) is 48.5 Å². The van der Waals surface area contributed by atoms with Crippen LogP contribution < -0.4 is 15.0 Å². The van der Waals surface area contributed by atoms with Gasteiger partial charge in [0.05, 0.1) is 6.54 Å². The van der Waals surface area contributed by atoms with Crippen molar-refractivity contribution in [2.24, 2.45) is 0 Å². The number of amides is 1. The summed E-state index contributed by atoms with van der Waals surface area (Å²) in [7, 11) is 0. The van der Waals surface area contributed by atoms with Gasteiger partial charge in [0, 0.05) is 49.8 Å². The van der Waals surface area contributed by atoms with Crippen LogP contribution in [-0.2, 0) is 4.79 Å². The Balaban J connectivity index is 1.46. The van der Waals surface area contributed by atoms with E-state index in [0.717, 1.165) is 17.8 Å². The molecule has 1 aromatic heterocycles. The Morgan fingerprint density at radius 2 is 1.79 bits per heavy atom. The van der Waals surface area contributed by atoms with Crippen LogP contribution in [0.1, 0.15) is 0 Å². The van der Waals surface area contributed by atoms with Crippen LogP contribution >= 0.6 is 0 Å². The fourth-order valence-electron chi connectivity index (χ4n) is 2.90. The maximum atomic E-state index is 13.2. The maximum absolute atomic E-state index is 13.2. The van der Waals surface area contributed by atoms with Crippen molar-refractivity contribution in [1.29, 1.82) is 0 Å². The summed E-state index contributed by atoms with van der Waals surface area (Å²) < 4.78 is 53.4. The van der Waals surface area contributed by atoms with E-state index < -0.39 is 12.3 Å². The summed E-state index contributed by atoms with van der Waals surface area (Å²) in [6, 6.07) is 8.06. The molecule has 2 aromatic rings. The third-order valence-electron chi connectivity index (χ3n) is 4.19. The number of benzene rings is 1. The lowest BCUT2D eigenvalue weighted by Crippen LogP contribution is -2.48. The van der Waals surface area contributed by atoms with Gasteiger partial charge < -0.3 is 15.0 Å². The first-order valence-electron chi connectivity index (χ1n) is 8.53. The first-order chi connectivity index (χ1) is 13.3. The molecule has 0 unspecified atom stereocenters. The van der Waals surface area contributed by atoms with Crippen LogP contribution in [0.3, 0.4) is 0 Å². The largest absolute Gasteiger partial charge is 0.573 e. The molecule has 0 radical (unpaired) electrons. The van der Waals surface area contributed by atoms with Gasteiger partial charge in [0.2, 0.25) is 11.9 Å². The lowest BCUT2D eigenvalue weighted by molar-refractivity contribution is -0.274. The molecule has 0 spiro atoms. The van der Waals surface area contributed by atoms with Gasteiger partial charge in [0.25, 0.3) is 0 Å². The van der Waals surface area contributed by atoms with Crippen LogP contribution in [0.2, 0.25) is 0 Å². The number of pyridine rings is 1. The van der Waals surface area contributed by atoms with Crippen molar-refractivity contribution >= 4 is 17.3 Å². The summed E-state index contributed by atoms with van der Waals surface area (Å²) in [5.41, 5.74) is 1.13. The van der Waals surface area contributed by atoms with E-state index in [0.29, 0.717) is 31.9 Å². The standard InChI is InChI=1S/C18H18F4N4O2/c19-16-11-14(5-6-23-16)26-9-7-25(8-10-26)12-17(27)24-13-1-3-15(4-2-13)28-18(20,21)22/h1-6,11H,7-10,12H2,(H,24,27). The van der Waals surface area contributed by atoms with Crippen molar-refractivity contribution in [3.63, 3.8) is 0 Å². The second kappa shape index (κ2) is 8.42. The summed E-state index contributed by atoms with van der Waals surface area (Å²) in [6.07, 6.45) is -3.34. The first-order valence-corrected chi connectivity index (χ1v) is 8.53. The van der Waals surface area contributed by atoms with Crippen LogP contribution in [0.4, 0.5) is 28.9 Å². The molecule has 0 aliphatic carbocycles. The molecule has 10 heteroatoms. The molecular formula is C18H18F4N4O2. The number of anilines is 2. The molecule has 6 nitrogen and oxygen atoms in total. The number of nitrogens with zero attached hydrogens (tertiary/aromatic N) is 3. The Labute approximate surface area is 158 Å². The second-order valence-corrected chi connectivity index (χ2v) is 6.22. The number of aromatic nitrogens is 1. The molecular weight excluding hydrogens is 380 g/mol. The highest BCUT2D eigenvalue weighted by Crippen LogP contribution is 2.24. The highest BCUT2D eigenvalue weighted by Gasteiger charge is 2.31. The fraction of sp³-hybridized carbons (Fsp3) is 0.333. The van der Waals surface area contributed by atoms with Gasteiger partial charge in [-0.15, -0.1) is 13.2 Å². The molecule has 1 aliphatic rings. The van der Waals surface area contributed by atoms with Crippen molar-refractivity contribution in [3.8, 4) is 5.75 Å². The van der Waals surface area contributed by atoms with E-state index in [9.17, 15) is 22.4 Å². The molecule has 1 N–H and O–H groups in total. The second-order valence-electron chi connectivity index (χ2n) is 6.22. The van der Waals surface area contributed by atoms with E-state index in [2.05, 4.69) is 15.0 Å². The lowest BCUT2D eigenvalue weighted by atomic mass is 10.2. The summed E-state index contributed by atoms with van der Waals surface area (Å²) in [5, 5.41) is 2.64. The minimum Gasteiger partial charge on any atom is -0.406 e. The van der Waals surface area contributed by atoms with Crippen molar-refractivity contribution in [2.45, 2.75) is 6.36 Å². The highest BCUT2D eigenvalue weighted by molar-refractivity contribution is 5.92. The van der Waals surface area contributed by atoms with Gasteiger partial charge in [-0.05, 0) is 30.3 Å². The number of ether oxygens (including phenoxy) is 1. The van der Waals surface area contributed by atoms with E-state index in [1.54, 1.807) is 6.07 Å². The highest BCUT2D eigenvalue weighted by atomic mass is 19.4. The summed E-state index contributed by atoms with van der Waals surface area (Å²) >= 11 is 0. The SMILES string of the molecule is O=C(CN1CCN(c2ccnc(F)c2)CC1)Nc1ccc(OC(F)(F)F)cc1. The zero-order valence-corrected chi connectivity index (χ0v) is 14.7. The zero-order valence-electron chi connectivity index (χ0n) is 14.7. The predicted octanol–water partition coefficient (Wildman–Crippen LogP) is 2.88. The van der Waals surface area contributed by atoms with Crippen molar-refractivity contribution in [2.75, 3.05) is 42.9 Å². The Bertz CT molecular complexity index is 806. The molecule has 1 aliphatic heterocycles. The number of alkyl halides is 3. The average Bonchev–Trinajstić information content (AvgIpc) is 2.63. The van der Waals surface area contributed by atoms with Crippen LogP contribution in [0.15, 0.2) is 42.6 Å². The van der Waals surface area contributed by atoms with Crippen LogP contribution in [-0.4, -0.2) is 54.9 Å². The molecule has 0 bridgehead atoms. The minimum atomic E-state index is -4.76. The number of carbonyl (C=O) groups excluding carboxylic acids is 1. The van der Waals surface area contributed by atoms with Gasteiger partial charge in [-0.1, -0.05) is 0 Å².